The van der Waals surface area contributed by atoms with Gasteiger partial charge in [0.15, 0.2) is 11.2 Å². The van der Waals surface area contributed by atoms with Gasteiger partial charge in [-0.3, -0.25) is 23.6 Å². The van der Waals surface area contributed by atoms with Crippen molar-refractivity contribution in [1.82, 2.24) is 28.9 Å². The number of likely N-dealkylation sites (N-methyl/N-ethyl adjacent to an activating group) is 1. The van der Waals surface area contributed by atoms with E-state index in [4.69, 9.17) is 4.74 Å². The third-order valence-corrected chi connectivity index (χ3v) is 5.57. The molecule has 0 aliphatic carbocycles. The summed E-state index contributed by atoms with van der Waals surface area (Å²) in [5.74, 6) is -0.253. The van der Waals surface area contributed by atoms with Gasteiger partial charge in [0.25, 0.3) is 5.56 Å². The number of fused-ring (bicyclic) bond motifs is 1. The monoisotopic (exact) mass is 442 g/mol. The average Bonchev–Trinajstić information content (AvgIpc) is 3.22. The Kier molecular flexibility index (Phi) is 7.60. The molecule has 3 aromatic rings. The molecule has 3 rings (SSSR count). The van der Waals surface area contributed by atoms with Gasteiger partial charge in [-0.2, -0.15) is 0 Å². The smallest absolute Gasteiger partial charge is 0.332 e. The fourth-order valence-corrected chi connectivity index (χ4v) is 3.69. The van der Waals surface area contributed by atoms with Crippen LogP contribution in [-0.2, 0) is 30.2 Å². The molecule has 1 atom stereocenters. The minimum atomic E-state index is -0.482. The molecule has 0 aliphatic heterocycles. The predicted molar refractivity (Wildman–Crippen MR) is 122 cm³/mol. The van der Waals surface area contributed by atoms with E-state index in [1.54, 1.807) is 14.2 Å². The Morgan fingerprint density at radius 1 is 1.19 bits per heavy atom. The fraction of sp³-hybridized carbons (Fsp3) is 0.455. The minimum absolute atomic E-state index is 0.0858. The summed E-state index contributed by atoms with van der Waals surface area (Å²) in [6, 6.07) is 9.53. The van der Waals surface area contributed by atoms with E-state index in [-0.39, 0.29) is 29.7 Å². The van der Waals surface area contributed by atoms with Crippen LogP contribution in [0.15, 0.2) is 46.2 Å². The lowest BCUT2D eigenvalue weighted by molar-refractivity contribution is -0.122. The number of hydrogen-bond acceptors (Lipinski definition) is 6. The third kappa shape index (κ3) is 4.97. The minimum Gasteiger partial charge on any atom is -0.383 e. The third-order valence-electron chi connectivity index (χ3n) is 5.57. The second-order valence-electron chi connectivity index (χ2n) is 7.67. The number of carbonyl (C=O) groups is 1. The van der Waals surface area contributed by atoms with Gasteiger partial charge in [-0.1, -0.05) is 37.3 Å². The second kappa shape index (κ2) is 10.4. The second-order valence-corrected chi connectivity index (χ2v) is 7.67. The molecular weight excluding hydrogens is 412 g/mol. The van der Waals surface area contributed by atoms with E-state index in [9.17, 15) is 14.4 Å². The fourth-order valence-electron chi connectivity index (χ4n) is 3.69. The van der Waals surface area contributed by atoms with E-state index >= 15 is 0 Å². The maximum Gasteiger partial charge on any atom is 0.332 e. The maximum absolute atomic E-state index is 13.0. The molecule has 0 saturated carbocycles. The van der Waals surface area contributed by atoms with Crippen LogP contribution >= 0.6 is 0 Å². The number of aryl methyl sites for hydroxylation is 1. The molecule has 0 fully saturated rings. The molecule has 1 unspecified atom stereocenters. The molecule has 0 bridgehead atoms. The largest absolute Gasteiger partial charge is 0.383 e. The van der Waals surface area contributed by atoms with Crippen LogP contribution in [-0.4, -0.2) is 62.8 Å². The summed E-state index contributed by atoms with van der Waals surface area (Å²) in [7, 11) is 4.62. The molecule has 1 aromatic carbocycles. The Bertz CT molecular complexity index is 1180. The molecule has 1 N–H and O–H groups in total. The van der Waals surface area contributed by atoms with Crippen molar-refractivity contribution in [2.75, 3.05) is 33.4 Å². The van der Waals surface area contributed by atoms with Crippen molar-refractivity contribution in [2.24, 2.45) is 14.1 Å². The van der Waals surface area contributed by atoms with E-state index in [1.165, 1.54) is 22.5 Å². The highest BCUT2D eigenvalue weighted by Gasteiger charge is 2.20. The van der Waals surface area contributed by atoms with E-state index in [2.05, 4.69) is 22.1 Å². The Morgan fingerprint density at radius 2 is 1.91 bits per heavy atom. The summed E-state index contributed by atoms with van der Waals surface area (Å²) < 4.78 is 8.99. The summed E-state index contributed by atoms with van der Waals surface area (Å²) in [4.78, 5) is 44.1. The van der Waals surface area contributed by atoms with Crippen LogP contribution in [0.2, 0.25) is 0 Å². The van der Waals surface area contributed by atoms with Crippen LogP contribution in [0.3, 0.4) is 0 Å². The van der Waals surface area contributed by atoms with Crippen LogP contribution in [0.5, 0.6) is 0 Å². The molecule has 0 spiro atoms. The van der Waals surface area contributed by atoms with Crippen molar-refractivity contribution < 1.29 is 9.53 Å². The number of benzene rings is 1. The first-order valence-corrected chi connectivity index (χ1v) is 10.5. The van der Waals surface area contributed by atoms with Gasteiger partial charge in [-0.15, -0.1) is 0 Å². The molecule has 0 saturated heterocycles. The van der Waals surface area contributed by atoms with E-state index in [0.717, 1.165) is 23.2 Å². The summed E-state index contributed by atoms with van der Waals surface area (Å²) in [6.07, 6.45) is 1.42. The van der Waals surface area contributed by atoms with Gasteiger partial charge in [-0.05, 0) is 12.1 Å². The molecule has 0 aliphatic rings. The lowest BCUT2D eigenvalue weighted by Gasteiger charge is -2.27. The predicted octanol–water partition coefficient (Wildman–Crippen LogP) is 0.260. The van der Waals surface area contributed by atoms with Crippen LogP contribution in [0, 0.1) is 0 Å². The van der Waals surface area contributed by atoms with E-state index in [0.29, 0.717) is 13.2 Å². The zero-order chi connectivity index (χ0) is 23.3. The summed E-state index contributed by atoms with van der Waals surface area (Å²) in [6.45, 7) is 4.78. The number of nitrogens with one attached hydrogen (secondary N) is 1. The van der Waals surface area contributed by atoms with Crippen LogP contribution in [0.4, 0.5) is 0 Å². The normalized spacial score (nSPS) is 12.4. The highest BCUT2D eigenvalue weighted by atomic mass is 16.5. The lowest BCUT2D eigenvalue weighted by Crippen LogP contribution is -2.41. The Hall–Kier alpha value is -3.24. The van der Waals surface area contributed by atoms with Gasteiger partial charge < -0.3 is 14.6 Å². The zero-order valence-electron chi connectivity index (χ0n) is 18.9. The van der Waals surface area contributed by atoms with Crippen molar-refractivity contribution in [3.8, 4) is 0 Å². The first-order chi connectivity index (χ1) is 15.4. The van der Waals surface area contributed by atoms with Crippen LogP contribution in [0.25, 0.3) is 11.2 Å². The maximum atomic E-state index is 13.0. The van der Waals surface area contributed by atoms with Gasteiger partial charge >= 0.3 is 5.69 Å². The van der Waals surface area contributed by atoms with Gasteiger partial charge in [0.05, 0.1) is 19.0 Å². The van der Waals surface area contributed by atoms with Gasteiger partial charge in [0.1, 0.15) is 6.54 Å². The molecule has 10 heteroatoms. The van der Waals surface area contributed by atoms with E-state index in [1.807, 2.05) is 30.3 Å². The molecule has 32 heavy (non-hydrogen) atoms. The molecule has 0 radical (unpaired) electrons. The summed E-state index contributed by atoms with van der Waals surface area (Å²) >= 11 is 0. The van der Waals surface area contributed by atoms with Crippen molar-refractivity contribution in [2.45, 2.75) is 19.5 Å². The van der Waals surface area contributed by atoms with Crippen LogP contribution < -0.4 is 16.6 Å². The van der Waals surface area contributed by atoms with Crippen molar-refractivity contribution in [3.05, 3.63) is 63.1 Å². The SMILES string of the molecule is CCN(CCOC)CC(NC(=O)Cn1cnc2c1c(=O)n(C)c(=O)n2C)c1ccccc1. The van der Waals surface area contributed by atoms with Gasteiger partial charge in [-0.25, -0.2) is 9.78 Å². The van der Waals surface area contributed by atoms with Crippen molar-refractivity contribution in [1.29, 1.82) is 0 Å². The number of methoxy groups -OCH3 is 1. The van der Waals surface area contributed by atoms with Crippen molar-refractivity contribution in [3.63, 3.8) is 0 Å². The number of amides is 1. The summed E-state index contributed by atoms with van der Waals surface area (Å²) in [5.41, 5.74) is 0.519. The number of hydrogen-bond donors (Lipinski definition) is 1. The Morgan fingerprint density at radius 3 is 2.56 bits per heavy atom. The number of imidazole rings is 1. The Labute approximate surface area is 186 Å². The lowest BCUT2D eigenvalue weighted by atomic mass is 10.1. The zero-order valence-corrected chi connectivity index (χ0v) is 18.9. The average molecular weight is 443 g/mol. The van der Waals surface area contributed by atoms with Gasteiger partial charge in [0.2, 0.25) is 5.91 Å². The first-order valence-electron chi connectivity index (χ1n) is 10.5. The first kappa shape index (κ1) is 23.4. The van der Waals surface area contributed by atoms with Crippen molar-refractivity contribution >= 4 is 17.1 Å². The number of aromatic nitrogens is 4. The molecule has 2 aromatic heterocycles. The van der Waals surface area contributed by atoms with Crippen LogP contribution in [0.1, 0.15) is 18.5 Å². The summed E-state index contributed by atoms with van der Waals surface area (Å²) in [5, 5.41) is 3.09. The highest BCUT2D eigenvalue weighted by Crippen LogP contribution is 2.15. The molecule has 2 heterocycles. The Balaban J connectivity index is 1.84. The molecular formula is C22H30N6O4. The van der Waals surface area contributed by atoms with Gasteiger partial charge in [0, 0.05) is 34.3 Å². The number of nitrogens with zero attached hydrogens (tertiary/aromatic N) is 5. The number of rotatable bonds is 10. The van der Waals surface area contributed by atoms with E-state index < -0.39 is 11.2 Å². The standard InChI is InChI=1S/C22H30N6O4/c1-5-27(11-12-32-4)13-17(16-9-7-6-8-10-16)24-18(29)14-28-15-23-20-19(28)21(30)26(3)22(31)25(20)2/h6-10,15,17H,5,11-14H2,1-4H3,(H,24,29). The number of carbonyl (C=O) groups excluding carboxylic acids is 1. The topological polar surface area (TPSA) is 103 Å². The quantitative estimate of drug-likeness (QED) is 0.483. The number of ether oxygens (including phenoxy) is 1. The highest BCUT2D eigenvalue weighted by molar-refractivity contribution is 5.79. The molecule has 1 amide bonds. The molecule has 10 nitrogen and oxygen atoms in total. The molecule has 172 valence electrons.